The number of hydrogen-bond acceptors (Lipinski definition) is 4. The van der Waals surface area contributed by atoms with Gasteiger partial charge in [-0.2, -0.15) is 11.3 Å². The SMILES string of the molecule is CC(C)N1CCC(C(=O)Nc2ccc(-c3ccsc3)cc2C(N)=O)CC1. The Morgan fingerprint density at radius 2 is 1.92 bits per heavy atom. The van der Waals surface area contributed by atoms with Crippen LogP contribution in [0.4, 0.5) is 5.69 Å². The number of benzene rings is 1. The van der Waals surface area contributed by atoms with Crippen LogP contribution in [0.3, 0.4) is 0 Å². The number of carbonyl (C=O) groups is 2. The van der Waals surface area contributed by atoms with E-state index in [9.17, 15) is 9.59 Å². The first kappa shape index (κ1) is 18.6. The van der Waals surface area contributed by atoms with Gasteiger partial charge in [0.1, 0.15) is 0 Å². The van der Waals surface area contributed by atoms with Crippen molar-refractivity contribution in [3.63, 3.8) is 0 Å². The van der Waals surface area contributed by atoms with Crippen LogP contribution < -0.4 is 11.1 Å². The van der Waals surface area contributed by atoms with E-state index in [4.69, 9.17) is 5.73 Å². The van der Waals surface area contributed by atoms with Gasteiger partial charge in [0.15, 0.2) is 0 Å². The molecular formula is C20H25N3O2S. The third kappa shape index (κ3) is 4.14. The van der Waals surface area contributed by atoms with E-state index in [1.54, 1.807) is 23.5 Å². The van der Waals surface area contributed by atoms with Gasteiger partial charge in [-0.05, 0) is 79.9 Å². The second-order valence-electron chi connectivity index (χ2n) is 7.03. The summed E-state index contributed by atoms with van der Waals surface area (Å²) in [6, 6.07) is 7.93. The van der Waals surface area contributed by atoms with Crippen LogP contribution >= 0.6 is 11.3 Å². The van der Waals surface area contributed by atoms with Gasteiger partial charge in [0, 0.05) is 12.0 Å². The van der Waals surface area contributed by atoms with Gasteiger partial charge in [-0.1, -0.05) is 6.07 Å². The quantitative estimate of drug-likeness (QED) is 0.844. The Morgan fingerprint density at radius 3 is 2.50 bits per heavy atom. The Balaban J connectivity index is 1.73. The number of likely N-dealkylation sites (tertiary alicyclic amines) is 1. The van der Waals surface area contributed by atoms with Crippen molar-refractivity contribution in [3.05, 3.63) is 40.6 Å². The summed E-state index contributed by atoms with van der Waals surface area (Å²) in [6.07, 6.45) is 1.67. The number of carbonyl (C=O) groups excluding carboxylic acids is 2. The van der Waals surface area contributed by atoms with E-state index in [-0.39, 0.29) is 11.8 Å². The van der Waals surface area contributed by atoms with Crippen LogP contribution in [-0.2, 0) is 4.79 Å². The molecule has 0 saturated carbocycles. The molecule has 138 valence electrons. The van der Waals surface area contributed by atoms with E-state index < -0.39 is 5.91 Å². The Morgan fingerprint density at radius 1 is 1.19 bits per heavy atom. The van der Waals surface area contributed by atoms with Crippen LogP contribution in [0, 0.1) is 5.92 Å². The fraction of sp³-hybridized carbons (Fsp3) is 0.400. The number of piperidine rings is 1. The lowest BCUT2D eigenvalue weighted by Crippen LogP contribution is -2.41. The fourth-order valence-electron chi connectivity index (χ4n) is 3.38. The molecule has 0 atom stereocenters. The molecule has 3 rings (SSSR count). The maximum absolute atomic E-state index is 12.7. The van der Waals surface area contributed by atoms with Crippen LogP contribution in [0.25, 0.3) is 11.1 Å². The van der Waals surface area contributed by atoms with Gasteiger partial charge in [0.2, 0.25) is 5.91 Å². The van der Waals surface area contributed by atoms with Gasteiger partial charge in [-0.15, -0.1) is 0 Å². The van der Waals surface area contributed by atoms with Gasteiger partial charge in [-0.3, -0.25) is 9.59 Å². The second kappa shape index (κ2) is 8.01. The molecule has 1 aromatic heterocycles. The van der Waals surface area contributed by atoms with Crippen molar-refractivity contribution in [2.75, 3.05) is 18.4 Å². The van der Waals surface area contributed by atoms with Gasteiger partial charge in [0.05, 0.1) is 11.3 Å². The molecule has 2 amide bonds. The summed E-state index contributed by atoms with van der Waals surface area (Å²) in [6.45, 7) is 6.20. The number of anilines is 1. The Kier molecular flexibility index (Phi) is 5.74. The summed E-state index contributed by atoms with van der Waals surface area (Å²) in [5.41, 5.74) is 8.35. The van der Waals surface area contributed by atoms with Crippen molar-refractivity contribution < 1.29 is 9.59 Å². The minimum atomic E-state index is -0.535. The average molecular weight is 372 g/mol. The third-order valence-corrected chi connectivity index (χ3v) is 5.71. The van der Waals surface area contributed by atoms with Crippen molar-refractivity contribution >= 4 is 28.8 Å². The predicted molar refractivity (Wildman–Crippen MR) is 106 cm³/mol. The summed E-state index contributed by atoms with van der Waals surface area (Å²) >= 11 is 1.59. The third-order valence-electron chi connectivity index (χ3n) is 5.03. The van der Waals surface area contributed by atoms with Crippen LogP contribution in [-0.4, -0.2) is 35.8 Å². The van der Waals surface area contributed by atoms with E-state index in [2.05, 4.69) is 24.1 Å². The normalized spacial score (nSPS) is 16.0. The van der Waals surface area contributed by atoms with Crippen molar-refractivity contribution in [1.82, 2.24) is 4.90 Å². The standard InChI is InChI=1S/C20H25N3O2S/c1-13(2)23-8-5-14(6-9-23)20(25)22-18-4-3-15(11-17(18)19(21)24)16-7-10-26-12-16/h3-4,7,10-14H,5-6,8-9H2,1-2H3,(H2,21,24)(H,22,25). The number of nitrogens with one attached hydrogen (secondary N) is 1. The molecule has 1 saturated heterocycles. The lowest BCUT2D eigenvalue weighted by Gasteiger charge is -2.34. The topological polar surface area (TPSA) is 75.4 Å². The Labute approximate surface area is 158 Å². The summed E-state index contributed by atoms with van der Waals surface area (Å²) in [5, 5.41) is 6.92. The smallest absolute Gasteiger partial charge is 0.250 e. The molecule has 1 aromatic carbocycles. The first-order valence-corrected chi connectivity index (χ1v) is 9.91. The maximum Gasteiger partial charge on any atom is 0.250 e. The molecule has 5 nitrogen and oxygen atoms in total. The van der Waals surface area contributed by atoms with Crippen molar-refractivity contribution in [1.29, 1.82) is 0 Å². The molecule has 3 N–H and O–H groups in total. The number of primary amides is 1. The molecule has 26 heavy (non-hydrogen) atoms. The van der Waals surface area contributed by atoms with Crippen molar-refractivity contribution in [2.45, 2.75) is 32.7 Å². The summed E-state index contributed by atoms with van der Waals surface area (Å²) in [5.74, 6) is -0.589. The highest BCUT2D eigenvalue weighted by Crippen LogP contribution is 2.28. The minimum Gasteiger partial charge on any atom is -0.366 e. The van der Waals surface area contributed by atoms with Crippen LogP contribution in [0.2, 0.25) is 0 Å². The van der Waals surface area contributed by atoms with E-state index >= 15 is 0 Å². The highest BCUT2D eigenvalue weighted by molar-refractivity contribution is 7.08. The van der Waals surface area contributed by atoms with E-state index in [0.29, 0.717) is 17.3 Å². The number of amides is 2. The van der Waals surface area contributed by atoms with Crippen LogP contribution in [0.5, 0.6) is 0 Å². The molecule has 2 aromatic rings. The molecule has 1 aliphatic rings. The zero-order chi connectivity index (χ0) is 18.7. The Hall–Kier alpha value is -2.18. The molecule has 0 bridgehead atoms. The number of nitrogens with two attached hydrogens (primary N) is 1. The summed E-state index contributed by atoms with van der Waals surface area (Å²) < 4.78 is 0. The van der Waals surface area contributed by atoms with Gasteiger partial charge in [-0.25, -0.2) is 0 Å². The van der Waals surface area contributed by atoms with E-state index in [1.807, 2.05) is 22.9 Å². The Bertz CT molecular complexity index is 778. The molecule has 1 aliphatic heterocycles. The largest absolute Gasteiger partial charge is 0.366 e. The average Bonchev–Trinajstić information content (AvgIpc) is 3.16. The number of rotatable bonds is 5. The summed E-state index contributed by atoms with van der Waals surface area (Å²) in [7, 11) is 0. The van der Waals surface area contributed by atoms with Gasteiger partial charge < -0.3 is 16.0 Å². The zero-order valence-corrected chi connectivity index (χ0v) is 16.0. The molecule has 0 unspecified atom stereocenters. The number of nitrogens with zero attached hydrogens (tertiary/aromatic N) is 1. The van der Waals surface area contributed by atoms with Gasteiger partial charge in [0.25, 0.3) is 5.91 Å². The van der Waals surface area contributed by atoms with Crippen molar-refractivity contribution in [2.24, 2.45) is 11.7 Å². The fourth-order valence-corrected chi connectivity index (χ4v) is 4.04. The first-order valence-electron chi connectivity index (χ1n) is 8.97. The van der Waals surface area contributed by atoms with E-state index in [0.717, 1.165) is 37.1 Å². The first-order chi connectivity index (χ1) is 12.5. The molecular weight excluding hydrogens is 346 g/mol. The zero-order valence-electron chi connectivity index (χ0n) is 15.2. The number of hydrogen-bond donors (Lipinski definition) is 2. The van der Waals surface area contributed by atoms with Crippen LogP contribution in [0.15, 0.2) is 35.0 Å². The van der Waals surface area contributed by atoms with E-state index in [1.165, 1.54) is 0 Å². The molecule has 1 fully saturated rings. The molecule has 2 heterocycles. The predicted octanol–water partition coefficient (Wildman–Crippen LogP) is 3.57. The van der Waals surface area contributed by atoms with Gasteiger partial charge >= 0.3 is 0 Å². The second-order valence-corrected chi connectivity index (χ2v) is 7.81. The van der Waals surface area contributed by atoms with Crippen LogP contribution in [0.1, 0.15) is 37.0 Å². The molecule has 6 heteroatoms. The lowest BCUT2D eigenvalue weighted by molar-refractivity contribution is -0.121. The molecule has 0 radical (unpaired) electrons. The summed E-state index contributed by atoms with van der Waals surface area (Å²) in [4.78, 5) is 26.9. The number of thiophene rings is 1. The highest BCUT2D eigenvalue weighted by atomic mass is 32.1. The molecule has 0 aliphatic carbocycles. The highest BCUT2D eigenvalue weighted by Gasteiger charge is 2.26. The van der Waals surface area contributed by atoms with Crippen molar-refractivity contribution in [3.8, 4) is 11.1 Å². The monoisotopic (exact) mass is 371 g/mol. The lowest BCUT2D eigenvalue weighted by atomic mass is 9.94. The molecule has 0 spiro atoms. The maximum atomic E-state index is 12.7. The minimum absolute atomic E-state index is 0.0257.